The minimum Gasteiger partial charge on any atom is -0.369 e. The minimum absolute atomic E-state index is 0.673. The monoisotopic (exact) mass is 376 g/mol. The lowest BCUT2D eigenvalue weighted by molar-refractivity contribution is 0.215. The molecule has 5 heteroatoms. The summed E-state index contributed by atoms with van der Waals surface area (Å²) in [5.41, 5.74) is 6.41. The maximum Gasteiger partial charge on any atom is 0.241 e. The molecule has 1 aromatic heterocycles. The highest BCUT2D eigenvalue weighted by Crippen LogP contribution is 2.24. The fraction of sp³-hybridized carbons (Fsp3) is 0.391. The zero-order valence-corrected chi connectivity index (χ0v) is 17.0. The van der Waals surface area contributed by atoms with Gasteiger partial charge in [-0.15, -0.1) is 0 Å². The van der Waals surface area contributed by atoms with Crippen LogP contribution in [0.1, 0.15) is 29.5 Å². The van der Waals surface area contributed by atoms with E-state index >= 15 is 0 Å². The van der Waals surface area contributed by atoms with Gasteiger partial charge in [-0.25, -0.2) is 0 Å². The summed E-state index contributed by atoms with van der Waals surface area (Å²) in [6, 6.07) is 14.9. The van der Waals surface area contributed by atoms with Gasteiger partial charge in [0.05, 0.1) is 6.54 Å². The lowest BCUT2D eigenvalue weighted by Crippen LogP contribution is -2.46. The van der Waals surface area contributed by atoms with E-state index in [-0.39, 0.29) is 0 Å². The van der Waals surface area contributed by atoms with Crippen LogP contribution in [0.4, 0.5) is 5.69 Å². The quantitative estimate of drug-likeness (QED) is 0.666. The van der Waals surface area contributed by atoms with Crippen LogP contribution in [0.5, 0.6) is 0 Å². The van der Waals surface area contributed by atoms with Gasteiger partial charge < -0.3 is 9.42 Å². The largest absolute Gasteiger partial charge is 0.369 e. The molecule has 3 aromatic rings. The summed E-state index contributed by atoms with van der Waals surface area (Å²) in [4.78, 5) is 9.47. The van der Waals surface area contributed by atoms with Gasteiger partial charge in [-0.1, -0.05) is 48.5 Å². The number of nitrogens with zero attached hydrogens (tertiary/aromatic N) is 4. The Balaban J connectivity index is 1.36. The number of rotatable bonds is 5. The van der Waals surface area contributed by atoms with E-state index in [1.807, 2.05) is 0 Å². The molecule has 1 aliphatic rings. The lowest BCUT2D eigenvalue weighted by atomic mass is 10.1. The van der Waals surface area contributed by atoms with Crippen LogP contribution in [0.3, 0.4) is 0 Å². The molecule has 28 heavy (non-hydrogen) atoms. The Morgan fingerprint density at radius 1 is 0.964 bits per heavy atom. The fourth-order valence-electron chi connectivity index (χ4n) is 3.74. The van der Waals surface area contributed by atoms with E-state index in [4.69, 9.17) is 4.52 Å². The van der Waals surface area contributed by atoms with Gasteiger partial charge >= 0.3 is 0 Å². The van der Waals surface area contributed by atoms with Gasteiger partial charge in [0, 0.05) is 37.4 Å². The van der Waals surface area contributed by atoms with Crippen LogP contribution in [0.15, 0.2) is 47.0 Å². The first-order valence-electron chi connectivity index (χ1n) is 10.1. The van der Waals surface area contributed by atoms with E-state index in [0.29, 0.717) is 18.3 Å². The molecule has 1 saturated heterocycles. The molecule has 5 nitrogen and oxygen atoms in total. The molecule has 0 amide bonds. The van der Waals surface area contributed by atoms with Crippen molar-refractivity contribution in [2.75, 3.05) is 31.1 Å². The van der Waals surface area contributed by atoms with Gasteiger partial charge in [0.25, 0.3) is 0 Å². The fourth-order valence-corrected chi connectivity index (χ4v) is 3.74. The van der Waals surface area contributed by atoms with Crippen molar-refractivity contribution >= 4 is 5.69 Å². The highest BCUT2D eigenvalue weighted by Gasteiger charge is 2.21. The van der Waals surface area contributed by atoms with Crippen molar-refractivity contribution in [3.8, 4) is 11.4 Å². The predicted molar refractivity (Wildman–Crippen MR) is 113 cm³/mol. The molecule has 0 atom stereocenters. The third-order valence-electron chi connectivity index (χ3n) is 5.74. The normalized spacial score (nSPS) is 15.2. The van der Waals surface area contributed by atoms with Crippen LogP contribution in [0.25, 0.3) is 11.4 Å². The molecule has 0 spiro atoms. The Morgan fingerprint density at radius 3 is 2.43 bits per heavy atom. The van der Waals surface area contributed by atoms with Crippen molar-refractivity contribution in [3.63, 3.8) is 0 Å². The number of aromatic nitrogens is 2. The van der Waals surface area contributed by atoms with Crippen LogP contribution >= 0.6 is 0 Å². The van der Waals surface area contributed by atoms with Gasteiger partial charge in [0.2, 0.25) is 11.7 Å². The van der Waals surface area contributed by atoms with Crippen LogP contribution in [-0.2, 0) is 13.0 Å². The first-order chi connectivity index (χ1) is 13.6. The number of hydrogen-bond donors (Lipinski definition) is 0. The molecule has 0 N–H and O–H groups in total. The van der Waals surface area contributed by atoms with Gasteiger partial charge in [0.1, 0.15) is 0 Å². The summed E-state index contributed by atoms with van der Waals surface area (Å²) in [5, 5.41) is 4.17. The van der Waals surface area contributed by atoms with E-state index in [9.17, 15) is 0 Å². The predicted octanol–water partition coefficient (Wildman–Crippen LogP) is 4.24. The second kappa shape index (κ2) is 8.15. The van der Waals surface area contributed by atoms with Crippen molar-refractivity contribution in [1.82, 2.24) is 15.0 Å². The van der Waals surface area contributed by atoms with Gasteiger partial charge in [-0.3, -0.25) is 4.90 Å². The topological polar surface area (TPSA) is 45.4 Å². The van der Waals surface area contributed by atoms with Crippen LogP contribution < -0.4 is 4.90 Å². The van der Waals surface area contributed by atoms with E-state index < -0.39 is 0 Å². The smallest absolute Gasteiger partial charge is 0.241 e. The van der Waals surface area contributed by atoms with Gasteiger partial charge in [-0.05, 0) is 43.0 Å². The van der Waals surface area contributed by atoms with E-state index in [1.54, 1.807) is 0 Å². The van der Waals surface area contributed by atoms with Gasteiger partial charge in [0.15, 0.2) is 0 Å². The molecule has 0 unspecified atom stereocenters. The zero-order valence-electron chi connectivity index (χ0n) is 17.0. The second-order valence-electron chi connectivity index (χ2n) is 7.54. The molecule has 0 bridgehead atoms. The number of hydrogen-bond acceptors (Lipinski definition) is 5. The first-order valence-corrected chi connectivity index (χ1v) is 10.1. The van der Waals surface area contributed by atoms with Crippen molar-refractivity contribution in [2.45, 2.75) is 33.7 Å². The van der Waals surface area contributed by atoms with E-state index in [1.165, 1.54) is 22.4 Å². The highest BCUT2D eigenvalue weighted by molar-refractivity contribution is 5.56. The number of aryl methyl sites for hydroxylation is 2. The van der Waals surface area contributed by atoms with Crippen molar-refractivity contribution < 1.29 is 4.52 Å². The molecule has 146 valence electrons. The van der Waals surface area contributed by atoms with Gasteiger partial charge in [-0.2, -0.15) is 4.98 Å². The van der Waals surface area contributed by atoms with E-state index in [0.717, 1.165) is 38.2 Å². The average Bonchev–Trinajstić information content (AvgIpc) is 3.19. The summed E-state index contributed by atoms with van der Waals surface area (Å²) in [5.74, 6) is 1.36. The molecule has 4 rings (SSSR count). The third kappa shape index (κ3) is 3.94. The SMILES string of the molecule is CCc1ccc(-c2noc(CN3CCN(c4cccc(C)c4C)CC3)n2)cc1. The molecule has 1 aliphatic heterocycles. The maximum atomic E-state index is 5.51. The number of anilines is 1. The summed E-state index contributed by atoms with van der Waals surface area (Å²) >= 11 is 0. The Labute approximate surface area is 167 Å². The standard InChI is InChI=1S/C23H28N4O/c1-4-19-8-10-20(11-9-19)23-24-22(28-25-23)16-26-12-14-27(15-13-26)21-7-5-6-17(2)18(21)3/h5-11H,4,12-16H2,1-3H3. The van der Waals surface area contributed by atoms with Crippen LogP contribution in [0.2, 0.25) is 0 Å². The maximum absolute atomic E-state index is 5.51. The Kier molecular flexibility index (Phi) is 5.44. The Bertz CT molecular complexity index is 924. The van der Waals surface area contributed by atoms with Crippen molar-refractivity contribution in [2.24, 2.45) is 0 Å². The van der Waals surface area contributed by atoms with Crippen molar-refractivity contribution in [1.29, 1.82) is 0 Å². The minimum atomic E-state index is 0.673. The van der Waals surface area contributed by atoms with Crippen LogP contribution in [-0.4, -0.2) is 41.2 Å². The molecular weight excluding hydrogens is 348 g/mol. The number of piperazine rings is 1. The second-order valence-corrected chi connectivity index (χ2v) is 7.54. The third-order valence-corrected chi connectivity index (χ3v) is 5.74. The summed E-state index contributed by atoms with van der Waals surface area (Å²) < 4.78 is 5.51. The van der Waals surface area contributed by atoms with E-state index in [2.05, 4.69) is 83.2 Å². The molecule has 1 fully saturated rings. The molecule has 0 aliphatic carbocycles. The zero-order chi connectivity index (χ0) is 19.5. The summed E-state index contributed by atoms with van der Waals surface area (Å²) in [6.07, 6.45) is 1.03. The molecule has 0 radical (unpaired) electrons. The molecule has 0 saturated carbocycles. The van der Waals surface area contributed by atoms with Crippen LogP contribution in [0, 0.1) is 13.8 Å². The summed E-state index contributed by atoms with van der Waals surface area (Å²) in [7, 11) is 0. The Hall–Kier alpha value is -2.66. The molecular formula is C23H28N4O. The number of benzene rings is 2. The molecule has 2 aromatic carbocycles. The average molecular weight is 377 g/mol. The highest BCUT2D eigenvalue weighted by atomic mass is 16.5. The Morgan fingerprint density at radius 2 is 1.71 bits per heavy atom. The summed E-state index contributed by atoms with van der Waals surface area (Å²) in [6.45, 7) is 11.3. The lowest BCUT2D eigenvalue weighted by Gasteiger charge is -2.36. The van der Waals surface area contributed by atoms with Crippen molar-refractivity contribution in [3.05, 3.63) is 65.0 Å². The molecule has 2 heterocycles. The first kappa shape index (κ1) is 18.7.